The second-order valence-corrected chi connectivity index (χ2v) is 3.55. The number of nitrogens with one attached hydrogen (secondary N) is 2. The molecule has 15 heavy (non-hydrogen) atoms. The summed E-state index contributed by atoms with van der Waals surface area (Å²) < 4.78 is 3.93. The number of hydrogen-bond donors (Lipinski definition) is 3. The smallest absolute Gasteiger partial charge is 0.277 e. The lowest BCUT2D eigenvalue weighted by Gasteiger charge is -1.98. The van der Waals surface area contributed by atoms with Crippen molar-refractivity contribution < 1.29 is 4.79 Å². The number of hydrogen-bond acceptors (Lipinski definition) is 6. The first-order valence-corrected chi connectivity index (χ1v) is 4.84. The van der Waals surface area contributed by atoms with E-state index in [0.717, 1.165) is 11.5 Å². The lowest BCUT2D eigenvalue weighted by molar-refractivity contribution is 0.102. The summed E-state index contributed by atoms with van der Waals surface area (Å²) in [6, 6.07) is 0. The van der Waals surface area contributed by atoms with E-state index in [0.29, 0.717) is 16.6 Å². The molecular formula is C7H8N6OS. The highest BCUT2D eigenvalue weighted by Gasteiger charge is 2.13. The largest absolute Gasteiger partial charge is 0.396 e. The van der Waals surface area contributed by atoms with Gasteiger partial charge in [0.1, 0.15) is 11.5 Å². The van der Waals surface area contributed by atoms with Gasteiger partial charge < -0.3 is 5.73 Å². The van der Waals surface area contributed by atoms with Crippen molar-refractivity contribution in [2.75, 3.05) is 11.1 Å². The molecule has 2 aromatic heterocycles. The number of carbonyl (C=O) groups excluding carboxylic acids is 1. The molecule has 0 aliphatic carbocycles. The second kappa shape index (κ2) is 3.65. The highest BCUT2D eigenvalue weighted by molar-refractivity contribution is 7.09. The normalized spacial score (nSPS) is 10.2. The summed E-state index contributed by atoms with van der Waals surface area (Å²) in [5, 5.41) is 9.15. The van der Waals surface area contributed by atoms with Crippen molar-refractivity contribution in [3.05, 3.63) is 17.7 Å². The Morgan fingerprint density at radius 1 is 1.67 bits per heavy atom. The third-order valence-electron chi connectivity index (χ3n) is 1.64. The molecule has 0 aliphatic rings. The van der Waals surface area contributed by atoms with Crippen LogP contribution in [-0.4, -0.2) is 25.5 Å². The number of aryl methyl sites for hydroxylation is 1. The van der Waals surface area contributed by atoms with E-state index in [1.165, 1.54) is 6.20 Å². The van der Waals surface area contributed by atoms with E-state index in [4.69, 9.17) is 5.73 Å². The van der Waals surface area contributed by atoms with Crippen molar-refractivity contribution in [3.63, 3.8) is 0 Å². The minimum atomic E-state index is -0.374. The summed E-state index contributed by atoms with van der Waals surface area (Å²) in [5.41, 5.74) is 6.04. The van der Waals surface area contributed by atoms with Gasteiger partial charge in [-0.15, -0.1) is 0 Å². The van der Waals surface area contributed by atoms with Gasteiger partial charge in [0.05, 0.1) is 11.9 Å². The zero-order chi connectivity index (χ0) is 10.8. The maximum atomic E-state index is 11.6. The Kier molecular flexibility index (Phi) is 2.34. The fourth-order valence-corrected chi connectivity index (χ4v) is 1.56. The van der Waals surface area contributed by atoms with Gasteiger partial charge in [0.15, 0.2) is 0 Å². The maximum Gasteiger partial charge on any atom is 0.277 e. The van der Waals surface area contributed by atoms with Crippen LogP contribution in [0.3, 0.4) is 0 Å². The quantitative estimate of drug-likeness (QED) is 0.684. The van der Waals surface area contributed by atoms with Crippen LogP contribution in [0.5, 0.6) is 0 Å². The number of nitrogens with two attached hydrogens (primary N) is 1. The number of nitrogen functional groups attached to an aromatic ring is 1. The third kappa shape index (κ3) is 1.94. The third-order valence-corrected chi connectivity index (χ3v) is 2.37. The van der Waals surface area contributed by atoms with Gasteiger partial charge in [-0.25, -0.2) is 4.98 Å². The Balaban J connectivity index is 2.14. The summed E-state index contributed by atoms with van der Waals surface area (Å²) in [5.74, 6) is 0.244. The molecule has 7 nitrogen and oxygen atoms in total. The fourth-order valence-electron chi connectivity index (χ4n) is 0.985. The lowest BCUT2D eigenvalue weighted by Crippen LogP contribution is -2.13. The summed E-state index contributed by atoms with van der Waals surface area (Å²) in [6.45, 7) is 1.75. The molecule has 2 heterocycles. The molecule has 2 aromatic rings. The highest BCUT2D eigenvalue weighted by Crippen LogP contribution is 2.13. The monoisotopic (exact) mass is 224 g/mol. The van der Waals surface area contributed by atoms with Gasteiger partial charge >= 0.3 is 0 Å². The zero-order valence-electron chi connectivity index (χ0n) is 7.81. The highest BCUT2D eigenvalue weighted by atomic mass is 32.1. The molecule has 0 saturated heterocycles. The Bertz CT molecular complexity index is 489. The van der Waals surface area contributed by atoms with Crippen LogP contribution in [0, 0.1) is 6.92 Å². The van der Waals surface area contributed by atoms with Crippen LogP contribution >= 0.6 is 11.5 Å². The molecular weight excluding hydrogens is 216 g/mol. The van der Waals surface area contributed by atoms with Gasteiger partial charge in [0.25, 0.3) is 5.91 Å². The molecule has 2 rings (SSSR count). The lowest BCUT2D eigenvalue weighted by atomic mass is 10.3. The Morgan fingerprint density at radius 2 is 2.47 bits per heavy atom. The van der Waals surface area contributed by atoms with Gasteiger partial charge in [-0.2, -0.15) is 9.47 Å². The summed E-state index contributed by atoms with van der Waals surface area (Å²) in [6.07, 6.45) is 1.38. The van der Waals surface area contributed by atoms with E-state index in [-0.39, 0.29) is 11.6 Å². The molecule has 0 spiro atoms. The molecule has 0 aromatic carbocycles. The first-order valence-electron chi connectivity index (χ1n) is 4.07. The molecule has 78 valence electrons. The summed E-state index contributed by atoms with van der Waals surface area (Å²) in [7, 11) is 0. The number of nitrogens with zero attached hydrogens (tertiary/aromatic N) is 3. The number of aromatic nitrogens is 4. The van der Waals surface area contributed by atoms with Gasteiger partial charge in [0, 0.05) is 11.5 Å². The maximum absolute atomic E-state index is 11.6. The van der Waals surface area contributed by atoms with Crippen LogP contribution in [0.1, 0.15) is 16.3 Å². The molecule has 0 atom stereocenters. The predicted octanol–water partition coefficient (Wildman–Crippen LogP) is 0.404. The topological polar surface area (TPSA) is 110 Å². The Hall–Kier alpha value is -1.96. The van der Waals surface area contributed by atoms with Gasteiger partial charge in [0.2, 0.25) is 5.13 Å². The van der Waals surface area contributed by atoms with Crippen molar-refractivity contribution in [2.45, 2.75) is 6.92 Å². The Morgan fingerprint density at radius 3 is 3.00 bits per heavy atom. The molecule has 0 bridgehead atoms. The number of anilines is 2. The first kappa shape index (κ1) is 9.59. The Labute approximate surface area is 88.9 Å². The molecule has 0 radical (unpaired) electrons. The minimum absolute atomic E-state index is 0.225. The molecule has 0 unspecified atom stereocenters. The van der Waals surface area contributed by atoms with Crippen molar-refractivity contribution >= 4 is 28.3 Å². The number of H-pyrrole nitrogens is 1. The molecule has 4 N–H and O–H groups in total. The van der Waals surface area contributed by atoms with Crippen LogP contribution < -0.4 is 11.1 Å². The van der Waals surface area contributed by atoms with Crippen molar-refractivity contribution in [3.8, 4) is 0 Å². The van der Waals surface area contributed by atoms with E-state index in [1.54, 1.807) is 6.92 Å². The molecule has 0 aliphatic heterocycles. The van der Waals surface area contributed by atoms with Gasteiger partial charge in [-0.1, -0.05) is 0 Å². The SMILES string of the molecule is Cc1nsc(NC(=O)c2[nH]ncc2N)n1. The predicted molar refractivity (Wildman–Crippen MR) is 55.6 cm³/mol. The van der Waals surface area contributed by atoms with Crippen LogP contribution in [0.25, 0.3) is 0 Å². The van der Waals surface area contributed by atoms with E-state index >= 15 is 0 Å². The molecule has 8 heteroatoms. The average molecular weight is 224 g/mol. The number of rotatable bonds is 2. The van der Waals surface area contributed by atoms with Gasteiger partial charge in [-0.3, -0.25) is 15.2 Å². The van der Waals surface area contributed by atoms with E-state index in [9.17, 15) is 4.79 Å². The minimum Gasteiger partial charge on any atom is -0.396 e. The standard InChI is InChI=1S/C7H8N6OS/c1-3-10-7(15-13-3)11-6(14)5-4(8)2-9-12-5/h2H,8H2,1H3,(H,9,12)(H,10,11,13,14). The fraction of sp³-hybridized carbons (Fsp3) is 0.143. The summed E-state index contributed by atoms with van der Waals surface area (Å²) in [4.78, 5) is 15.6. The number of carbonyl (C=O) groups is 1. The zero-order valence-corrected chi connectivity index (χ0v) is 8.63. The van der Waals surface area contributed by atoms with Crippen LogP contribution in [0.15, 0.2) is 6.20 Å². The van der Waals surface area contributed by atoms with E-state index < -0.39 is 0 Å². The first-order chi connectivity index (χ1) is 7.16. The average Bonchev–Trinajstić information content (AvgIpc) is 2.75. The molecule has 0 fully saturated rings. The van der Waals surface area contributed by atoms with Crippen molar-refractivity contribution in [1.29, 1.82) is 0 Å². The van der Waals surface area contributed by atoms with Crippen LogP contribution in [0.2, 0.25) is 0 Å². The van der Waals surface area contributed by atoms with Crippen LogP contribution in [0.4, 0.5) is 10.8 Å². The molecule has 0 saturated carbocycles. The number of amides is 1. The van der Waals surface area contributed by atoms with Crippen molar-refractivity contribution in [2.24, 2.45) is 0 Å². The van der Waals surface area contributed by atoms with Crippen LogP contribution in [-0.2, 0) is 0 Å². The van der Waals surface area contributed by atoms with Gasteiger partial charge in [-0.05, 0) is 6.92 Å². The van der Waals surface area contributed by atoms with Crippen molar-refractivity contribution in [1.82, 2.24) is 19.6 Å². The number of aromatic amines is 1. The molecule has 1 amide bonds. The van der Waals surface area contributed by atoms with E-state index in [1.807, 2.05) is 0 Å². The second-order valence-electron chi connectivity index (χ2n) is 2.80. The van der Waals surface area contributed by atoms with E-state index in [2.05, 4.69) is 24.9 Å². The summed E-state index contributed by atoms with van der Waals surface area (Å²) >= 11 is 1.11.